The van der Waals surface area contributed by atoms with E-state index in [4.69, 9.17) is 19.3 Å². The molecule has 1 fully saturated rings. The molecule has 2 N–H and O–H groups in total. The average Bonchev–Trinajstić information content (AvgIpc) is 3.50. The van der Waals surface area contributed by atoms with E-state index in [1.807, 2.05) is 25.2 Å². The quantitative estimate of drug-likeness (QED) is 0.0580. The average molecular weight is 746 g/mol. The van der Waals surface area contributed by atoms with E-state index in [-0.39, 0.29) is 57.7 Å². The van der Waals surface area contributed by atoms with E-state index in [9.17, 15) is 9.59 Å². The van der Waals surface area contributed by atoms with E-state index >= 15 is 0 Å². The number of carbonyl (C=O) groups is 2. The highest BCUT2D eigenvalue weighted by Gasteiger charge is 2.44. The third kappa shape index (κ3) is 15.3. The summed E-state index contributed by atoms with van der Waals surface area (Å²) in [5, 5.41) is 0.0703. The van der Waals surface area contributed by atoms with Crippen molar-refractivity contribution in [1.82, 2.24) is 0 Å². The van der Waals surface area contributed by atoms with E-state index in [0.717, 1.165) is 6.42 Å². The Morgan fingerprint density at radius 2 is 1.29 bits per heavy atom. The summed E-state index contributed by atoms with van der Waals surface area (Å²) in [6.45, 7) is 39.7. The lowest BCUT2D eigenvalue weighted by Gasteiger charge is -2.45. The lowest BCUT2D eigenvalue weighted by molar-refractivity contribution is -0.115. The van der Waals surface area contributed by atoms with Gasteiger partial charge in [-0.3, -0.25) is 4.79 Å². The Balaban J connectivity index is 3.47. The molecule has 0 aromatic carbocycles. The minimum atomic E-state index is -2.21. The fourth-order valence-corrected chi connectivity index (χ4v) is 9.96. The molecule has 8 heteroatoms. The second-order valence-electron chi connectivity index (χ2n) is 19.0. The zero-order chi connectivity index (χ0) is 39.5. The Kier molecular flexibility index (Phi) is 18.6. The van der Waals surface area contributed by atoms with Crippen molar-refractivity contribution in [3.63, 3.8) is 0 Å². The van der Waals surface area contributed by atoms with Crippen LogP contribution in [0.3, 0.4) is 0 Å². The van der Waals surface area contributed by atoms with Crippen molar-refractivity contribution in [3.8, 4) is 0 Å². The molecule has 51 heavy (non-hydrogen) atoms. The topological polar surface area (TPSA) is 87.8 Å². The molecule has 294 valence electrons. The second-order valence-corrected chi connectivity index (χ2v) is 28.5. The number of allylic oxidation sites excluding steroid dienone is 4. The molecule has 8 atom stereocenters. The standard InChI is InChI=1S/C43H79NO5Si2/c1-18-19-22-31(3)39(47-41(44)46)35(7)40(49-51(16,17)43(11,12)13)34(6)28-30(2)27-33(5)38(48-50(14,15)42(8,9)10)32(4)25-26-37(45)29-36-23-20-21-24-36/h18-19,22,25-27,31-36,38-40H,1,20-21,23-24,28-29H2,2-17H3,(H2,44,46)/b22-19-,26-25-,30-27-/t31-,32-,33-,34?,35?,38-,39?,40?/m0/s1. The van der Waals surface area contributed by atoms with Gasteiger partial charge in [0, 0.05) is 18.3 Å². The third-order valence-corrected chi connectivity index (χ3v) is 21.1. The van der Waals surface area contributed by atoms with Gasteiger partial charge < -0.3 is 19.3 Å². The molecule has 1 saturated carbocycles. The Morgan fingerprint density at radius 3 is 1.76 bits per heavy atom. The van der Waals surface area contributed by atoms with Crippen LogP contribution in [0.2, 0.25) is 36.3 Å². The van der Waals surface area contributed by atoms with Gasteiger partial charge in [-0.2, -0.15) is 0 Å². The number of carbonyl (C=O) groups excluding carboxylic acids is 2. The number of primary amides is 1. The van der Waals surface area contributed by atoms with Crippen LogP contribution in [0.1, 0.15) is 122 Å². The largest absolute Gasteiger partial charge is 0.445 e. The zero-order valence-electron chi connectivity index (χ0n) is 35.7. The van der Waals surface area contributed by atoms with Gasteiger partial charge in [0.05, 0.1) is 12.2 Å². The molecule has 1 rings (SSSR count). The fraction of sp³-hybridized carbons (Fsp3) is 0.767. The molecule has 0 spiro atoms. The van der Waals surface area contributed by atoms with Gasteiger partial charge in [-0.15, -0.1) is 0 Å². The van der Waals surface area contributed by atoms with Crippen molar-refractivity contribution in [3.05, 3.63) is 48.6 Å². The highest BCUT2D eigenvalue weighted by atomic mass is 28.4. The Morgan fingerprint density at radius 1 is 0.804 bits per heavy atom. The normalized spacial score (nSPS) is 20.5. The molecule has 0 heterocycles. The van der Waals surface area contributed by atoms with Crippen molar-refractivity contribution >= 4 is 28.5 Å². The van der Waals surface area contributed by atoms with Crippen LogP contribution in [0, 0.1) is 35.5 Å². The van der Waals surface area contributed by atoms with E-state index < -0.39 is 28.8 Å². The Hall–Kier alpha value is -1.75. The summed E-state index contributed by atoms with van der Waals surface area (Å²) in [7, 11) is -4.32. The lowest BCUT2D eigenvalue weighted by atomic mass is 9.81. The van der Waals surface area contributed by atoms with Gasteiger partial charge >= 0.3 is 6.09 Å². The number of ether oxygens (including phenoxy) is 1. The Bertz CT molecular complexity index is 1200. The summed E-state index contributed by atoms with van der Waals surface area (Å²) in [6.07, 6.45) is 16.8. The first-order chi connectivity index (χ1) is 23.2. The van der Waals surface area contributed by atoms with Gasteiger partial charge in [-0.1, -0.05) is 144 Å². The summed E-state index contributed by atoms with van der Waals surface area (Å²) < 4.78 is 20.2. The van der Waals surface area contributed by atoms with Crippen LogP contribution >= 0.6 is 0 Å². The van der Waals surface area contributed by atoms with Crippen LogP contribution in [0.5, 0.6) is 0 Å². The van der Waals surface area contributed by atoms with Crippen molar-refractivity contribution in [2.24, 2.45) is 41.2 Å². The molecular formula is C43H79NO5Si2. The predicted octanol–water partition coefficient (Wildman–Crippen LogP) is 12.2. The maximum atomic E-state index is 12.9. The van der Waals surface area contributed by atoms with E-state index in [1.54, 1.807) is 6.08 Å². The third-order valence-electron chi connectivity index (χ3n) is 12.2. The molecule has 1 amide bonds. The number of rotatable bonds is 20. The van der Waals surface area contributed by atoms with Gasteiger partial charge in [-0.25, -0.2) is 4.79 Å². The van der Waals surface area contributed by atoms with Gasteiger partial charge in [0.25, 0.3) is 0 Å². The van der Waals surface area contributed by atoms with E-state index in [0.29, 0.717) is 12.3 Å². The molecule has 4 unspecified atom stereocenters. The maximum absolute atomic E-state index is 12.9. The highest BCUT2D eigenvalue weighted by molar-refractivity contribution is 6.74. The van der Waals surface area contributed by atoms with Gasteiger partial charge in [0.2, 0.25) is 0 Å². The number of hydrogen-bond acceptors (Lipinski definition) is 5. The van der Waals surface area contributed by atoms with Crippen molar-refractivity contribution in [2.75, 3.05) is 0 Å². The zero-order valence-corrected chi connectivity index (χ0v) is 37.7. The summed E-state index contributed by atoms with van der Waals surface area (Å²) in [5.74, 6) is 0.934. The van der Waals surface area contributed by atoms with Crippen molar-refractivity contribution in [1.29, 1.82) is 0 Å². The number of ketones is 1. The van der Waals surface area contributed by atoms with Gasteiger partial charge in [0.15, 0.2) is 22.4 Å². The molecule has 0 aromatic rings. The van der Waals surface area contributed by atoms with Crippen molar-refractivity contribution in [2.45, 2.75) is 176 Å². The minimum absolute atomic E-state index is 0.00886. The summed E-state index contributed by atoms with van der Waals surface area (Å²) >= 11 is 0. The summed E-state index contributed by atoms with van der Waals surface area (Å²) in [4.78, 5) is 25.1. The van der Waals surface area contributed by atoms with Crippen LogP contribution in [0.25, 0.3) is 0 Å². The molecule has 0 saturated heterocycles. The number of nitrogens with two attached hydrogens (primary N) is 1. The number of hydrogen-bond donors (Lipinski definition) is 1. The second kappa shape index (κ2) is 20.1. The molecule has 0 radical (unpaired) electrons. The van der Waals surface area contributed by atoms with Crippen LogP contribution in [-0.4, -0.2) is 46.8 Å². The van der Waals surface area contributed by atoms with E-state index in [2.05, 4.69) is 121 Å². The highest BCUT2D eigenvalue weighted by Crippen LogP contribution is 2.42. The molecule has 6 nitrogen and oxygen atoms in total. The minimum Gasteiger partial charge on any atom is -0.445 e. The van der Waals surface area contributed by atoms with E-state index in [1.165, 1.54) is 31.3 Å². The summed E-state index contributed by atoms with van der Waals surface area (Å²) in [6, 6.07) is 0. The molecule has 1 aliphatic carbocycles. The van der Waals surface area contributed by atoms with Crippen LogP contribution in [0.15, 0.2) is 48.6 Å². The predicted molar refractivity (Wildman–Crippen MR) is 223 cm³/mol. The fourth-order valence-electron chi connectivity index (χ4n) is 7.02. The molecule has 1 aliphatic rings. The van der Waals surface area contributed by atoms with Gasteiger partial charge in [-0.05, 0) is 79.4 Å². The van der Waals surface area contributed by atoms with Crippen LogP contribution in [-0.2, 0) is 18.4 Å². The van der Waals surface area contributed by atoms with Gasteiger partial charge in [0.1, 0.15) is 6.10 Å². The molecule has 0 aromatic heterocycles. The van der Waals surface area contributed by atoms with Crippen molar-refractivity contribution < 1.29 is 23.2 Å². The molecular weight excluding hydrogens is 667 g/mol. The molecule has 0 aliphatic heterocycles. The van der Waals surface area contributed by atoms with Crippen LogP contribution in [0.4, 0.5) is 4.79 Å². The first-order valence-electron chi connectivity index (χ1n) is 19.7. The monoisotopic (exact) mass is 746 g/mol. The SMILES string of the molecule is C=C/C=C\[C@H](C)C(OC(N)=O)C(C)C(O[Si](C)(C)C(C)(C)C)C(C)C/C(C)=C\[C@H](C)[C@@H](O[Si](C)(C)C(C)(C)C)[C@@H](C)/C=C\C(=O)CC1CCCC1. The smallest absolute Gasteiger partial charge is 0.404 e. The first-order valence-corrected chi connectivity index (χ1v) is 25.5. The number of amides is 1. The molecule has 0 bridgehead atoms. The Labute approximate surface area is 316 Å². The maximum Gasteiger partial charge on any atom is 0.404 e. The lowest BCUT2D eigenvalue weighted by Crippen LogP contribution is -2.50. The summed E-state index contributed by atoms with van der Waals surface area (Å²) in [5.41, 5.74) is 6.90. The first kappa shape index (κ1) is 47.3. The van der Waals surface area contributed by atoms with Crippen LogP contribution < -0.4 is 5.73 Å².